The molecule has 0 radical (unpaired) electrons. The fourth-order valence-electron chi connectivity index (χ4n) is 2.78. The predicted octanol–water partition coefficient (Wildman–Crippen LogP) is 4.40. The first kappa shape index (κ1) is 20.5. The number of hydrogen-bond acceptors (Lipinski definition) is 5. The number of hydrogen-bond donors (Lipinski definition) is 1. The van der Waals surface area contributed by atoms with Gasteiger partial charge in [0.15, 0.2) is 15.1 Å². The Bertz CT molecular complexity index is 1150. The maximum absolute atomic E-state index is 13.2. The van der Waals surface area contributed by atoms with E-state index in [1.54, 1.807) is 36.4 Å². The van der Waals surface area contributed by atoms with Crippen LogP contribution in [0.3, 0.4) is 0 Å². The topological polar surface area (TPSA) is 106 Å². The molecule has 1 atom stereocenters. The van der Waals surface area contributed by atoms with Gasteiger partial charge in [-0.2, -0.15) is 0 Å². The molecule has 0 spiro atoms. The van der Waals surface area contributed by atoms with Gasteiger partial charge < -0.3 is 5.32 Å². The molecule has 0 aromatic heterocycles. The number of nitrogens with one attached hydrogen (secondary N) is 1. The first-order valence-corrected chi connectivity index (χ1v) is 10.3. The van der Waals surface area contributed by atoms with Crippen molar-refractivity contribution in [3.8, 4) is 0 Å². The van der Waals surface area contributed by atoms with Crippen LogP contribution in [-0.2, 0) is 14.6 Å². The Balaban J connectivity index is 2.03. The lowest BCUT2D eigenvalue weighted by molar-refractivity contribution is -0.384. The molecule has 0 fully saturated rings. The minimum atomic E-state index is -4.08. The van der Waals surface area contributed by atoms with Crippen LogP contribution in [0, 0.1) is 10.1 Å². The third-order valence-corrected chi connectivity index (χ3v) is 6.49. The van der Waals surface area contributed by atoms with Gasteiger partial charge in [0.1, 0.15) is 5.02 Å². The minimum absolute atomic E-state index is 0.00825. The van der Waals surface area contributed by atoms with Crippen molar-refractivity contribution in [2.75, 3.05) is 5.32 Å². The maximum atomic E-state index is 13.2. The zero-order valence-corrected chi connectivity index (χ0v) is 16.4. The van der Waals surface area contributed by atoms with Crippen molar-refractivity contribution in [2.45, 2.75) is 10.1 Å². The van der Waals surface area contributed by atoms with E-state index in [2.05, 4.69) is 5.32 Å². The number of halogens is 1. The van der Waals surface area contributed by atoms with E-state index in [-0.39, 0.29) is 21.2 Å². The summed E-state index contributed by atoms with van der Waals surface area (Å²) < 4.78 is 26.4. The van der Waals surface area contributed by atoms with Gasteiger partial charge in [-0.1, -0.05) is 60.1 Å². The van der Waals surface area contributed by atoms with Gasteiger partial charge in [0.25, 0.3) is 5.69 Å². The van der Waals surface area contributed by atoms with E-state index in [1.165, 1.54) is 36.4 Å². The summed E-state index contributed by atoms with van der Waals surface area (Å²) in [5, 5.41) is 11.9. The van der Waals surface area contributed by atoms with Crippen LogP contribution in [0.15, 0.2) is 83.8 Å². The quantitative estimate of drug-likeness (QED) is 0.460. The molecule has 1 unspecified atom stereocenters. The summed E-state index contributed by atoms with van der Waals surface area (Å²) >= 11 is 5.79. The molecule has 0 aliphatic carbocycles. The average molecular weight is 431 g/mol. The maximum Gasteiger partial charge on any atom is 0.289 e. The van der Waals surface area contributed by atoms with Crippen molar-refractivity contribution < 1.29 is 18.1 Å². The summed E-state index contributed by atoms with van der Waals surface area (Å²) in [5.74, 6) is -0.836. The number of nitro benzene ring substituents is 1. The Morgan fingerprint density at radius 1 is 0.966 bits per heavy atom. The van der Waals surface area contributed by atoms with E-state index in [0.29, 0.717) is 0 Å². The number of anilines is 1. The van der Waals surface area contributed by atoms with Crippen molar-refractivity contribution in [2.24, 2.45) is 0 Å². The van der Waals surface area contributed by atoms with E-state index in [1.807, 2.05) is 0 Å². The van der Waals surface area contributed by atoms with Crippen LogP contribution >= 0.6 is 11.6 Å². The highest BCUT2D eigenvalue weighted by Crippen LogP contribution is 2.32. The molecule has 0 saturated heterocycles. The number of amides is 1. The highest BCUT2D eigenvalue weighted by molar-refractivity contribution is 7.92. The smallest absolute Gasteiger partial charge is 0.289 e. The normalized spacial score (nSPS) is 12.2. The van der Waals surface area contributed by atoms with Gasteiger partial charge in [0.05, 0.1) is 9.82 Å². The molecule has 0 aliphatic rings. The minimum Gasteiger partial charge on any atom is -0.324 e. The second-order valence-electron chi connectivity index (χ2n) is 6.06. The van der Waals surface area contributed by atoms with Crippen LogP contribution in [0.2, 0.25) is 5.02 Å². The third kappa shape index (κ3) is 4.44. The molecule has 0 aliphatic heterocycles. The van der Waals surface area contributed by atoms with Gasteiger partial charge in [0.2, 0.25) is 5.91 Å². The van der Waals surface area contributed by atoms with Gasteiger partial charge >= 0.3 is 0 Å². The number of nitrogens with zero attached hydrogens (tertiary/aromatic N) is 1. The Kier molecular flexibility index (Phi) is 5.95. The lowest BCUT2D eigenvalue weighted by Crippen LogP contribution is -2.28. The number of sulfone groups is 1. The highest BCUT2D eigenvalue weighted by atomic mass is 35.5. The van der Waals surface area contributed by atoms with E-state index in [4.69, 9.17) is 11.6 Å². The monoisotopic (exact) mass is 430 g/mol. The van der Waals surface area contributed by atoms with Crippen molar-refractivity contribution in [3.05, 3.63) is 99.6 Å². The van der Waals surface area contributed by atoms with Gasteiger partial charge in [-0.3, -0.25) is 14.9 Å². The zero-order valence-electron chi connectivity index (χ0n) is 14.9. The number of benzene rings is 3. The summed E-state index contributed by atoms with van der Waals surface area (Å²) in [6.45, 7) is 0. The van der Waals surface area contributed by atoms with Crippen LogP contribution < -0.4 is 5.32 Å². The SMILES string of the molecule is O=C(Nc1ccc(Cl)c([N+](=O)[O-])c1)C(c1ccccc1)S(=O)(=O)c1ccccc1. The standard InChI is InChI=1S/C20H15ClN2O5S/c21-17-12-11-15(13-18(17)23(25)26)22-20(24)19(14-7-3-1-4-8-14)29(27,28)16-9-5-2-6-10-16/h1-13,19H,(H,22,24). The molecule has 0 heterocycles. The number of carbonyl (C=O) groups excluding carboxylic acids is 1. The Labute approximate surface area is 172 Å². The largest absolute Gasteiger partial charge is 0.324 e. The lowest BCUT2D eigenvalue weighted by atomic mass is 10.1. The Morgan fingerprint density at radius 3 is 2.14 bits per heavy atom. The van der Waals surface area contributed by atoms with E-state index in [0.717, 1.165) is 6.07 Å². The fourth-order valence-corrected chi connectivity index (χ4v) is 4.64. The molecule has 29 heavy (non-hydrogen) atoms. The molecule has 0 saturated carbocycles. The van der Waals surface area contributed by atoms with Gasteiger partial charge in [-0.05, 0) is 29.8 Å². The van der Waals surface area contributed by atoms with Crippen LogP contribution in [-0.4, -0.2) is 19.2 Å². The van der Waals surface area contributed by atoms with Crippen LogP contribution in [0.5, 0.6) is 0 Å². The first-order chi connectivity index (χ1) is 13.8. The van der Waals surface area contributed by atoms with Crippen LogP contribution in [0.1, 0.15) is 10.8 Å². The summed E-state index contributed by atoms with van der Waals surface area (Å²) in [4.78, 5) is 23.4. The Hall–Kier alpha value is -3.23. The number of rotatable bonds is 6. The zero-order chi connectivity index (χ0) is 21.0. The summed E-state index contributed by atoms with van der Waals surface area (Å²) in [6.07, 6.45) is 0. The molecule has 9 heteroatoms. The van der Waals surface area contributed by atoms with E-state index in [9.17, 15) is 23.3 Å². The number of nitro groups is 1. The second kappa shape index (κ2) is 8.42. The van der Waals surface area contributed by atoms with Gasteiger partial charge in [-0.15, -0.1) is 0 Å². The van der Waals surface area contributed by atoms with Crippen LogP contribution in [0.25, 0.3) is 0 Å². The highest BCUT2D eigenvalue weighted by Gasteiger charge is 2.35. The van der Waals surface area contributed by atoms with Crippen LogP contribution in [0.4, 0.5) is 11.4 Å². The molecule has 148 valence electrons. The average Bonchev–Trinajstić information content (AvgIpc) is 2.70. The van der Waals surface area contributed by atoms with Gasteiger partial charge in [-0.25, -0.2) is 8.42 Å². The second-order valence-corrected chi connectivity index (χ2v) is 8.50. The van der Waals surface area contributed by atoms with Crippen molar-refractivity contribution >= 4 is 38.7 Å². The third-order valence-electron chi connectivity index (χ3n) is 4.13. The van der Waals surface area contributed by atoms with E-state index >= 15 is 0 Å². The molecule has 7 nitrogen and oxygen atoms in total. The molecule has 1 amide bonds. The summed E-state index contributed by atoms with van der Waals surface area (Å²) in [7, 11) is -4.08. The molecular formula is C20H15ClN2O5S. The van der Waals surface area contributed by atoms with Crippen molar-refractivity contribution in [3.63, 3.8) is 0 Å². The number of carbonyl (C=O) groups is 1. The fraction of sp³-hybridized carbons (Fsp3) is 0.0500. The van der Waals surface area contributed by atoms with Crippen molar-refractivity contribution in [1.29, 1.82) is 0 Å². The summed E-state index contributed by atoms with van der Waals surface area (Å²) in [5.41, 5.74) is -0.0562. The van der Waals surface area contributed by atoms with Gasteiger partial charge in [0, 0.05) is 11.8 Å². The Morgan fingerprint density at radius 2 is 1.55 bits per heavy atom. The van der Waals surface area contributed by atoms with E-state index < -0.39 is 31.6 Å². The summed E-state index contributed by atoms with van der Waals surface area (Å²) in [6, 6.07) is 19.4. The molecule has 3 rings (SSSR count). The lowest BCUT2D eigenvalue weighted by Gasteiger charge is -2.18. The molecule has 3 aromatic carbocycles. The molecule has 3 aromatic rings. The van der Waals surface area contributed by atoms with Crippen molar-refractivity contribution in [1.82, 2.24) is 0 Å². The first-order valence-electron chi connectivity index (χ1n) is 8.39. The molecule has 1 N–H and O–H groups in total. The predicted molar refractivity (Wildman–Crippen MR) is 110 cm³/mol. The molecule has 0 bridgehead atoms. The molecular weight excluding hydrogens is 416 g/mol.